The van der Waals surface area contributed by atoms with Crippen LogP contribution in [0, 0.1) is 0 Å². The molecule has 1 amide bonds. The summed E-state index contributed by atoms with van der Waals surface area (Å²) in [7, 11) is 0. The van der Waals surface area contributed by atoms with E-state index >= 15 is 0 Å². The second-order valence-corrected chi connectivity index (χ2v) is 5.63. The van der Waals surface area contributed by atoms with Gasteiger partial charge in [0.25, 0.3) is 5.91 Å². The molecule has 1 fully saturated rings. The molecular formula is C16H21NO3. The van der Waals surface area contributed by atoms with Gasteiger partial charge in [0, 0.05) is 6.54 Å². The lowest BCUT2D eigenvalue weighted by Crippen LogP contribution is -2.36. The van der Waals surface area contributed by atoms with Gasteiger partial charge in [-0.2, -0.15) is 0 Å². The number of ether oxygens (including phenoxy) is 1. The van der Waals surface area contributed by atoms with E-state index < -0.39 is 12.2 Å². The molecule has 2 atom stereocenters. The van der Waals surface area contributed by atoms with Crippen molar-refractivity contribution in [2.45, 2.75) is 50.7 Å². The molecule has 1 aromatic rings. The van der Waals surface area contributed by atoms with Gasteiger partial charge in [0.15, 0.2) is 6.10 Å². The fraction of sp³-hybridized carbons (Fsp3) is 0.562. The number of aliphatic hydroxyl groups excluding tert-OH is 1. The summed E-state index contributed by atoms with van der Waals surface area (Å²) in [5, 5.41) is 12.9. The lowest BCUT2D eigenvalue weighted by atomic mass is 9.89. The van der Waals surface area contributed by atoms with Gasteiger partial charge in [-0.1, -0.05) is 12.1 Å². The van der Waals surface area contributed by atoms with Crippen molar-refractivity contribution >= 4 is 5.91 Å². The lowest BCUT2D eigenvalue weighted by Gasteiger charge is -2.25. The number of nitrogens with one attached hydrogen (secondary N) is 1. The number of hydrogen-bond acceptors (Lipinski definition) is 3. The Balaban J connectivity index is 1.83. The van der Waals surface area contributed by atoms with E-state index in [4.69, 9.17) is 4.74 Å². The summed E-state index contributed by atoms with van der Waals surface area (Å²) < 4.78 is 5.97. The van der Waals surface area contributed by atoms with Gasteiger partial charge in [0.2, 0.25) is 0 Å². The number of aliphatic hydroxyl groups is 1. The minimum absolute atomic E-state index is 0.0172. The van der Waals surface area contributed by atoms with E-state index in [9.17, 15) is 9.90 Å². The Kier molecular flexibility index (Phi) is 3.92. The smallest absolute Gasteiger partial charge is 0.261 e. The summed E-state index contributed by atoms with van der Waals surface area (Å²) in [5.41, 5.74) is 2.03. The SMILES string of the molecule is O=C1NCCCCC1Oc1cccc2c1CCCC2O. The second kappa shape index (κ2) is 5.83. The predicted octanol–water partition coefficient (Wildman–Crippen LogP) is 2.10. The zero-order chi connectivity index (χ0) is 13.9. The molecule has 3 rings (SSSR count). The molecule has 0 aromatic heterocycles. The predicted molar refractivity (Wildman–Crippen MR) is 75.6 cm³/mol. The van der Waals surface area contributed by atoms with Crippen LogP contribution in [0.15, 0.2) is 18.2 Å². The van der Waals surface area contributed by atoms with Gasteiger partial charge in [0.05, 0.1) is 6.10 Å². The Hall–Kier alpha value is -1.55. The zero-order valence-corrected chi connectivity index (χ0v) is 11.6. The van der Waals surface area contributed by atoms with Gasteiger partial charge in [-0.25, -0.2) is 0 Å². The molecule has 0 radical (unpaired) electrons. The van der Waals surface area contributed by atoms with Crippen LogP contribution in [-0.4, -0.2) is 23.7 Å². The third kappa shape index (κ3) is 2.66. The van der Waals surface area contributed by atoms with Crippen LogP contribution in [0.4, 0.5) is 0 Å². The molecule has 4 nitrogen and oxygen atoms in total. The van der Waals surface area contributed by atoms with E-state index in [0.717, 1.165) is 61.9 Å². The molecule has 4 heteroatoms. The number of rotatable bonds is 2. The van der Waals surface area contributed by atoms with E-state index in [1.165, 1.54) is 0 Å². The Morgan fingerprint density at radius 1 is 1.20 bits per heavy atom. The molecule has 0 spiro atoms. The molecule has 20 heavy (non-hydrogen) atoms. The van der Waals surface area contributed by atoms with E-state index in [-0.39, 0.29) is 5.91 Å². The van der Waals surface area contributed by atoms with E-state index in [2.05, 4.69) is 5.32 Å². The Morgan fingerprint density at radius 2 is 2.10 bits per heavy atom. The maximum atomic E-state index is 12.0. The van der Waals surface area contributed by atoms with Crippen molar-refractivity contribution in [2.75, 3.05) is 6.54 Å². The van der Waals surface area contributed by atoms with Crippen LogP contribution in [0.3, 0.4) is 0 Å². The van der Waals surface area contributed by atoms with Crippen LogP contribution in [0.2, 0.25) is 0 Å². The molecule has 2 aliphatic rings. The monoisotopic (exact) mass is 275 g/mol. The molecule has 2 unspecified atom stereocenters. The fourth-order valence-electron chi connectivity index (χ4n) is 3.08. The number of hydrogen-bond donors (Lipinski definition) is 2. The van der Waals surface area contributed by atoms with Crippen molar-refractivity contribution in [1.29, 1.82) is 0 Å². The summed E-state index contributed by atoms with van der Waals surface area (Å²) in [4.78, 5) is 12.0. The summed E-state index contributed by atoms with van der Waals surface area (Å²) in [6, 6.07) is 5.77. The minimum Gasteiger partial charge on any atom is -0.480 e. The highest BCUT2D eigenvalue weighted by Crippen LogP contribution is 2.35. The van der Waals surface area contributed by atoms with Gasteiger partial charge < -0.3 is 15.2 Å². The van der Waals surface area contributed by atoms with E-state index in [1.807, 2.05) is 18.2 Å². The Bertz CT molecular complexity index is 500. The maximum absolute atomic E-state index is 12.0. The first-order chi connectivity index (χ1) is 9.75. The number of benzene rings is 1. The third-order valence-corrected chi connectivity index (χ3v) is 4.19. The first-order valence-electron chi connectivity index (χ1n) is 7.50. The van der Waals surface area contributed by atoms with Gasteiger partial charge >= 0.3 is 0 Å². The van der Waals surface area contributed by atoms with Crippen molar-refractivity contribution in [3.05, 3.63) is 29.3 Å². The maximum Gasteiger partial charge on any atom is 0.261 e. The van der Waals surface area contributed by atoms with E-state index in [1.54, 1.807) is 0 Å². The minimum atomic E-state index is -0.400. The molecule has 1 aliphatic carbocycles. The summed E-state index contributed by atoms with van der Waals surface area (Å²) >= 11 is 0. The van der Waals surface area contributed by atoms with Gasteiger partial charge in [-0.15, -0.1) is 0 Å². The van der Waals surface area contributed by atoms with Crippen molar-refractivity contribution < 1.29 is 14.6 Å². The molecule has 0 bridgehead atoms. The number of amides is 1. The van der Waals surface area contributed by atoms with E-state index in [0.29, 0.717) is 0 Å². The molecule has 1 aliphatic heterocycles. The van der Waals surface area contributed by atoms with Crippen LogP contribution in [0.5, 0.6) is 5.75 Å². The van der Waals surface area contributed by atoms with Crippen LogP contribution in [-0.2, 0) is 11.2 Å². The quantitative estimate of drug-likeness (QED) is 0.869. The number of carbonyl (C=O) groups excluding carboxylic acids is 1. The van der Waals surface area contributed by atoms with Crippen LogP contribution < -0.4 is 10.1 Å². The van der Waals surface area contributed by atoms with Crippen LogP contribution in [0.25, 0.3) is 0 Å². The van der Waals surface area contributed by atoms with Crippen molar-refractivity contribution in [2.24, 2.45) is 0 Å². The van der Waals surface area contributed by atoms with Crippen molar-refractivity contribution in [3.63, 3.8) is 0 Å². The molecule has 1 heterocycles. The lowest BCUT2D eigenvalue weighted by molar-refractivity contribution is -0.127. The zero-order valence-electron chi connectivity index (χ0n) is 11.6. The number of carbonyl (C=O) groups is 1. The van der Waals surface area contributed by atoms with Gasteiger partial charge in [-0.05, 0) is 55.7 Å². The fourth-order valence-corrected chi connectivity index (χ4v) is 3.08. The average Bonchev–Trinajstić information content (AvgIpc) is 2.65. The molecule has 0 saturated carbocycles. The largest absolute Gasteiger partial charge is 0.480 e. The third-order valence-electron chi connectivity index (χ3n) is 4.19. The topological polar surface area (TPSA) is 58.6 Å². The normalized spacial score (nSPS) is 26.4. The van der Waals surface area contributed by atoms with Crippen molar-refractivity contribution in [3.8, 4) is 5.75 Å². The van der Waals surface area contributed by atoms with Crippen LogP contribution >= 0.6 is 0 Å². The second-order valence-electron chi connectivity index (χ2n) is 5.63. The van der Waals surface area contributed by atoms with Gasteiger partial charge in [0.1, 0.15) is 5.75 Å². The standard InChI is InChI=1S/C16H21NO3/c18-13-7-3-6-12-11(13)5-4-9-14(12)20-15-8-1-2-10-17-16(15)19/h4-5,9,13,15,18H,1-3,6-8,10H2,(H,17,19). The molecule has 1 aromatic carbocycles. The molecule has 108 valence electrons. The molecule has 1 saturated heterocycles. The van der Waals surface area contributed by atoms with Gasteiger partial charge in [-0.3, -0.25) is 4.79 Å². The first kappa shape index (κ1) is 13.4. The molecular weight excluding hydrogens is 254 g/mol. The highest BCUT2D eigenvalue weighted by Gasteiger charge is 2.26. The average molecular weight is 275 g/mol. The number of fused-ring (bicyclic) bond motifs is 1. The van der Waals surface area contributed by atoms with Crippen molar-refractivity contribution in [1.82, 2.24) is 5.32 Å². The highest BCUT2D eigenvalue weighted by atomic mass is 16.5. The summed E-state index contributed by atoms with van der Waals surface area (Å²) in [5.74, 6) is 0.750. The molecule has 2 N–H and O–H groups in total. The summed E-state index contributed by atoms with van der Waals surface area (Å²) in [6.07, 6.45) is 4.66. The highest BCUT2D eigenvalue weighted by molar-refractivity contribution is 5.81. The Labute approximate surface area is 119 Å². The first-order valence-corrected chi connectivity index (χ1v) is 7.50. The summed E-state index contributed by atoms with van der Waals surface area (Å²) in [6.45, 7) is 0.740. The van der Waals surface area contributed by atoms with Crippen LogP contribution in [0.1, 0.15) is 49.3 Å². The Morgan fingerprint density at radius 3 is 3.00 bits per heavy atom.